The Bertz CT molecular complexity index is 1060. The lowest BCUT2D eigenvalue weighted by atomic mass is 10.1. The molecule has 6 heteroatoms. The zero-order valence-corrected chi connectivity index (χ0v) is 15.9. The van der Waals surface area contributed by atoms with E-state index in [1.807, 2.05) is 31.2 Å². The van der Waals surface area contributed by atoms with Crippen molar-refractivity contribution in [2.45, 2.75) is 32.9 Å². The van der Waals surface area contributed by atoms with Gasteiger partial charge in [-0.05, 0) is 49.6 Å². The van der Waals surface area contributed by atoms with Crippen LogP contribution in [0.5, 0.6) is 0 Å². The zero-order chi connectivity index (χ0) is 19.8. The van der Waals surface area contributed by atoms with Gasteiger partial charge in [0.05, 0.1) is 0 Å². The summed E-state index contributed by atoms with van der Waals surface area (Å²) in [7, 11) is 0. The van der Waals surface area contributed by atoms with Gasteiger partial charge in [0.2, 0.25) is 5.91 Å². The van der Waals surface area contributed by atoms with Crippen LogP contribution in [0.3, 0.4) is 0 Å². The maximum absolute atomic E-state index is 13.6. The van der Waals surface area contributed by atoms with Crippen LogP contribution in [0.25, 0.3) is 10.9 Å². The minimum Gasteiger partial charge on any atom is -0.350 e. The zero-order valence-electron chi connectivity index (χ0n) is 15.9. The van der Waals surface area contributed by atoms with Gasteiger partial charge >= 0.3 is 0 Å². The van der Waals surface area contributed by atoms with Crippen molar-refractivity contribution in [3.05, 3.63) is 70.7 Å². The number of H-pyrrole nitrogens is 1. The lowest BCUT2D eigenvalue weighted by Gasteiger charge is -2.17. The van der Waals surface area contributed by atoms with Crippen LogP contribution in [0, 0.1) is 19.7 Å². The number of nitrogens with one attached hydrogen (secondary N) is 2. The number of rotatable bonds is 4. The predicted molar refractivity (Wildman–Crippen MR) is 105 cm³/mol. The second-order valence-electron chi connectivity index (χ2n) is 7.43. The Morgan fingerprint density at radius 1 is 1.21 bits per heavy atom. The van der Waals surface area contributed by atoms with Crippen molar-refractivity contribution in [2.24, 2.45) is 0 Å². The van der Waals surface area contributed by atoms with Crippen LogP contribution in [-0.4, -0.2) is 34.3 Å². The first kappa shape index (κ1) is 18.2. The summed E-state index contributed by atoms with van der Waals surface area (Å²) in [5.74, 6) is -0.782. The van der Waals surface area contributed by atoms with E-state index in [4.69, 9.17) is 0 Å². The van der Waals surface area contributed by atoms with E-state index in [2.05, 4.69) is 10.3 Å². The van der Waals surface area contributed by atoms with Gasteiger partial charge < -0.3 is 15.2 Å². The van der Waals surface area contributed by atoms with Gasteiger partial charge in [-0.1, -0.05) is 29.8 Å². The average Bonchev–Trinajstić information content (AvgIpc) is 3.22. The highest BCUT2D eigenvalue weighted by Gasteiger charge is 2.33. The SMILES string of the molecule is Cc1ccc(CN2CC[C@H](NC(=O)c3cc4c(C)cc(F)cc4[nH]3)C2=O)cc1. The summed E-state index contributed by atoms with van der Waals surface area (Å²) >= 11 is 0. The first-order valence-electron chi connectivity index (χ1n) is 9.35. The summed E-state index contributed by atoms with van der Waals surface area (Å²) in [6.45, 7) is 4.96. The van der Waals surface area contributed by atoms with E-state index in [1.165, 1.54) is 17.7 Å². The Morgan fingerprint density at radius 2 is 1.96 bits per heavy atom. The van der Waals surface area contributed by atoms with Crippen molar-refractivity contribution < 1.29 is 14.0 Å². The highest BCUT2D eigenvalue weighted by molar-refractivity contribution is 6.01. The second kappa shape index (κ2) is 7.11. The van der Waals surface area contributed by atoms with E-state index in [0.717, 1.165) is 16.5 Å². The lowest BCUT2D eigenvalue weighted by Crippen LogP contribution is -2.41. The second-order valence-corrected chi connectivity index (χ2v) is 7.43. The number of carbonyl (C=O) groups excluding carboxylic acids is 2. The Labute approximate surface area is 162 Å². The van der Waals surface area contributed by atoms with E-state index in [-0.39, 0.29) is 17.6 Å². The third kappa shape index (κ3) is 3.50. The summed E-state index contributed by atoms with van der Waals surface area (Å²) in [6, 6.07) is 12.0. The van der Waals surface area contributed by atoms with Crippen LogP contribution in [0.4, 0.5) is 4.39 Å². The van der Waals surface area contributed by atoms with Crippen molar-refractivity contribution in [2.75, 3.05) is 6.54 Å². The van der Waals surface area contributed by atoms with E-state index < -0.39 is 6.04 Å². The molecule has 0 radical (unpaired) electrons. The number of hydrogen-bond donors (Lipinski definition) is 2. The maximum atomic E-state index is 13.6. The molecular weight excluding hydrogens is 357 g/mol. The average molecular weight is 379 g/mol. The number of amides is 2. The van der Waals surface area contributed by atoms with E-state index in [0.29, 0.717) is 30.7 Å². The first-order chi connectivity index (χ1) is 13.4. The molecule has 0 saturated carbocycles. The van der Waals surface area contributed by atoms with Gasteiger partial charge in [-0.25, -0.2) is 4.39 Å². The first-order valence-corrected chi connectivity index (χ1v) is 9.35. The van der Waals surface area contributed by atoms with Gasteiger partial charge in [0.15, 0.2) is 0 Å². The molecule has 0 bridgehead atoms. The predicted octanol–water partition coefficient (Wildman–Crippen LogP) is 3.45. The fraction of sp³-hybridized carbons (Fsp3) is 0.273. The summed E-state index contributed by atoms with van der Waals surface area (Å²) in [5.41, 5.74) is 3.90. The molecule has 0 spiro atoms. The Hall–Kier alpha value is -3.15. The molecule has 1 aromatic heterocycles. The third-order valence-electron chi connectivity index (χ3n) is 5.25. The molecule has 2 amide bonds. The summed E-state index contributed by atoms with van der Waals surface area (Å²) in [6.07, 6.45) is 0.574. The molecule has 5 nitrogen and oxygen atoms in total. The Morgan fingerprint density at radius 3 is 2.71 bits per heavy atom. The van der Waals surface area contributed by atoms with Gasteiger partial charge in [0, 0.05) is 24.0 Å². The number of halogens is 1. The number of carbonyl (C=O) groups is 2. The third-order valence-corrected chi connectivity index (χ3v) is 5.25. The van der Waals surface area contributed by atoms with Crippen molar-refractivity contribution in [1.82, 2.24) is 15.2 Å². The fourth-order valence-corrected chi connectivity index (χ4v) is 3.68. The highest BCUT2D eigenvalue weighted by atomic mass is 19.1. The molecule has 28 heavy (non-hydrogen) atoms. The number of hydrogen-bond acceptors (Lipinski definition) is 2. The van der Waals surface area contributed by atoms with Crippen molar-refractivity contribution >= 4 is 22.7 Å². The van der Waals surface area contributed by atoms with E-state index in [9.17, 15) is 14.0 Å². The quantitative estimate of drug-likeness (QED) is 0.729. The van der Waals surface area contributed by atoms with Gasteiger partial charge in [0.1, 0.15) is 17.6 Å². The van der Waals surface area contributed by atoms with E-state index >= 15 is 0 Å². The van der Waals surface area contributed by atoms with E-state index in [1.54, 1.807) is 17.9 Å². The van der Waals surface area contributed by atoms with Crippen molar-refractivity contribution in [1.29, 1.82) is 0 Å². The number of fused-ring (bicyclic) bond motifs is 1. The number of likely N-dealkylation sites (tertiary alicyclic amines) is 1. The normalized spacial score (nSPS) is 16.8. The monoisotopic (exact) mass is 379 g/mol. The van der Waals surface area contributed by atoms with Crippen LogP contribution in [0.2, 0.25) is 0 Å². The number of benzene rings is 2. The molecule has 2 heterocycles. The number of aryl methyl sites for hydroxylation is 2. The Kier molecular flexibility index (Phi) is 4.63. The minimum atomic E-state index is -0.540. The molecule has 2 N–H and O–H groups in total. The van der Waals surface area contributed by atoms with Crippen molar-refractivity contribution in [3.8, 4) is 0 Å². The maximum Gasteiger partial charge on any atom is 0.268 e. The van der Waals surface area contributed by atoms with Gasteiger partial charge in [-0.3, -0.25) is 9.59 Å². The van der Waals surface area contributed by atoms with Crippen LogP contribution < -0.4 is 5.32 Å². The molecule has 4 rings (SSSR count). The van der Waals surface area contributed by atoms with Gasteiger partial charge in [-0.2, -0.15) is 0 Å². The summed E-state index contributed by atoms with van der Waals surface area (Å²) in [5, 5.41) is 3.61. The molecule has 2 aromatic carbocycles. The molecule has 1 atom stereocenters. The molecule has 0 aliphatic carbocycles. The molecule has 144 valence electrons. The fourth-order valence-electron chi connectivity index (χ4n) is 3.68. The number of aromatic amines is 1. The molecule has 1 fully saturated rings. The molecule has 1 aliphatic rings. The highest BCUT2D eigenvalue weighted by Crippen LogP contribution is 2.22. The lowest BCUT2D eigenvalue weighted by molar-refractivity contribution is -0.129. The standard InChI is InChI=1S/C22H22FN3O2/c1-13-3-5-15(6-4-13)12-26-8-7-18(22(26)28)25-21(27)20-11-17-14(2)9-16(23)10-19(17)24-20/h3-6,9-11,18,24H,7-8,12H2,1-2H3,(H,25,27)/t18-/m0/s1. The van der Waals surface area contributed by atoms with Crippen LogP contribution in [0.15, 0.2) is 42.5 Å². The Balaban J connectivity index is 1.44. The van der Waals surface area contributed by atoms with Crippen LogP contribution in [-0.2, 0) is 11.3 Å². The molecule has 3 aromatic rings. The molecule has 1 saturated heterocycles. The number of aromatic nitrogens is 1. The largest absolute Gasteiger partial charge is 0.350 e. The van der Waals surface area contributed by atoms with Crippen LogP contribution in [0.1, 0.15) is 33.6 Å². The molecule has 0 unspecified atom stereocenters. The van der Waals surface area contributed by atoms with Gasteiger partial charge in [0.25, 0.3) is 5.91 Å². The van der Waals surface area contributed by atoms with Crippen LogP contribution >= 0.6 is 0 Å². The van der Waals surface area contributed by atoms with Gasteiger partial charge in [-0.15, -0.1) is 0 Å². The molecule has 1 aliphatic heterocycles. The molecular formula is C22H22FN3O2. The topological polar surface area (TPSA) is 65.2 Å². The van der Waals surface area contributed by atoms with Crippen molar-refractivity contribution in [3.63, 3.8) is 0 Å². The summed E-state index contributed by atoms with van der Waals surface area (Å²) in [4.78, 5) is 30.0. The smallest absolute Gasteiger partial charge is 0.268 e. The summed E-state index contributed by atoms with van der Waals surface area (Å²) < 4.78 is 13.6. The minimum absolute atomic E-state index is 0.0766. The number of nitrogens with zero attached hydrogens (tertiary/aromatic N) is 1.